The van der Waals surface area contributed by atoms with Gasteiger partial charge in [0.05, 0.1) is 11.7 Å². The van der Waals surface area contributed by atoms with Crippen LogP contribution in [0.2, 0.25) is 0 Å². The summed E-state index contributed by atoms with van der Waals surface area (Å²) in [5.74, 6) is 0.267. The van der Waals surface area contributed by atoms with Crippen LogP contribution in [0.3, 0.4) is 0 Å². The summed E-state index contributed by atoms with van der Waals surface area (Å²) in [4.78, 5) is 0. The van der Waals surface area contributed by atoms with Crippen molar-refractivity contribution < 1.29 is 0 Å². The SMILES string of the molecule is CC(C)(CN)[C@@H](c1ccccc1)c1ccc2[nH]ncc2c1. The predicted octanol–water partition coefficient (Wildman–Crippen LogP) is 3.68. The monoisotopic (exact) mass is 279 g/mol. The highest BCUT2D eigenvalue weighted by molar-refractivity contribution is 5.78. The molecule has 0 saturated heterocycles. The van der Waals surface area contributed by atoms with E-state index in [-0.39, 0.29) is 11.3 Å². The lowest BCUT2D eigenvalue weighted by Crippen LogP contribution is -2.31. The van der Waals surface area contributed by atoms with Crippen molar-refractivity contribution in [1.82, 2.24) is 10.2 Å². The molecule has 1 aromatic heterocycles. The summed E-state index contributed by atoms with van der Waals surface area (Å²) in [6.45, 7) is 5.09. The Morgan fingerprint density at radius 3 is 2.57 bits per heavy atom. The van der Waals surface area contributed by atoms with Crippen LogP contribution in [0.1, 0.15) is 30.9 Å². The first kappa shape index (κ1) is 13.8. The molecule has 3 rings (SSSR count). The molecule has 0 radical (unpaired) electrons. The minimum Gasteiger partial charge on any atom is -0.330 e. The number of nitrogens with zero attached hydrogens (tertiary/aromatic N) is 1. The smallest absolute Gasteiger partial charge is 0.0650 e. The van der Waals surface area contributed by atoms with Gasteiger partial charge in [-0.1, -0.05) is 50.2 Å². The van der Waals surface area contributed by atoms with Crippen LogP contribution < -0.4 is 5.73 Å². The van der Waals surface area contributed by atoms with Gasteiger partial charge in [-0.3, -0.25) is 5.10 Å². The number of fused-ring (bicyclic) bond motifs is 1. The van der Waals surface area contributed by atoms with Crippen molar-refractivity contribution in [3.8, 4) is 0 Å². The van der Waals surface area contributed by atoms with Gasteiger partial charge >= 0.3 is 0 Å². The molecule has 108 valence electrons. The van der Waals surface area contributed by atoms with E-state index in [0.29, 0.717) is 6.54 Å². The molecule has 3 heteroatoms. The summed E-state index contributed by atoms with van der Waals surface area (Å²) in [5.41, 5.74) is 9.69. The van der Waals surface area contributed by atoms with Gasteiger partial charge in [0.2, 0.25) is 0 Å². The number of nitrogens with two attached hydrogens (primary N) is 1. The molecule has 0 fully saturated rings. The number of nitrogens with one attached hydrogen (secondary N) is 1. The Kier molecular flexibility index (Phi) is 3.52. The van der Waals surface area contributed by atoms with Crippen LogP contribution in [0.4, 0.5) is 0 Å². The van der Waals surface area contributed by atoms with E-state index in [0.717, 1.165) is 10.9 Å². The molecule has 0 amide bonds. The van der Waals surface area contributed by atoms with Crippen molar-refractivity contribution in [2.45, 2.75) is 19.8 Å². The molecule has 0 bridgehead atoms. The van der Waals surface area contributed by atoms with Gasteiger partial charge in [0.25, 0.3) is 0 Å². The maximum Gasteiger partial charge on any atom is 0.0650 e. The lowest BCUT2D eigenvalue weighted by atomic mass is 9.71. The molecule has 1 heterocycles. The molecule has 21 heavy (non-hydrogen) atoms. The van der Waals surface area contributed by atoms with Gasteiger partial charge in [-0.05, 0) is 35.2 Å². The molecule has 0 aliphatic rings. The molecule has 3 aromatic rings. The van der Waals surface area contributed by atoms with Crippen LogP contribution in [-0.2, 0) is 0 Å². The normalized spacial score (nSPS) is 13.5. The molecule has 2 aromatic carbocycles. The zero-order valence-corrected chi connectivity index (χ0v) is 12.5. The third-order valence-electron chi connectivity index (χ3n) is 4.24. The summed E-state index contributed by atoms with van der Waals surface area (Å²) in [7, 11) is 0. The molecule has 0 saturated carbocycles. The maximum atomic E-state index is 6.06. The van der Waals surface area contributed by atoms with Gasteiger partial charge < -0.3 is 5.73 Å². The maximum absolute atomic E-state index is 6.06. The van der Waals surface area contributed by atoms with Gasteiger partial charge in [-0.2, -0.15) is 5.10 Å². The summed E-state index contributed by atoms with van der Waals surface area (Å²) >= 11 is 0. The van der Waals surface area contributed by atoms with Crippen LogP contribution in [0.15, 0.2) is 54.7 Å². The minimum atomic E-state index is -0.0151. The fourth-order valence-corrected chi connectivity index (χ4v) is 3.00. The summed E-state index contributed by atoms with van der Waals surface area (Å²) < 4.78 is 0. The third-order valence-corrected chi connectivity index (χ3v) is 4.24. The molecule has 1 atom stereocenters. The van der Waals surface area contributed by atoms with Crippen LogP contribution in [0, 0.1) is 5.41 Å². The van der Waals surface area contributed by atoms with Gasteiger partial charge in [0.15, 0.2) is 0 Å². The highest BCUT2D eigenvalue weighted by Crippen LogP contribution is 2.40. The van der Waals surface area contributed by atoms with E-state index in [1.54, 1.807) is 0 Å². The lowest BCUT2D eigenvalue weighted by Gasteiger charge is -2.34. The van der Waals surface area contributed by atoms with E-state index in [2.05, 4.69) is 72.6 Å². The van der Waals surface area contributed by atoms with Crippen molar-refractivity contribution in [2.75, 3.05) is 6.54 Å². The van der Waals surface area contributed by atoms with E-state index in [1.807, 2.05) is 6.20 Å². The summed E-state index contributed by atoms with van der Waals surface area (Å²) in [5, 5.41) is 8.25. The average molecular weight is 279 g/mol. The summed E-state index contributed by atoms with van der Waals surface area (Å²) in [6, 6.07) is 17.1. The average Bonchev–Trinajstić information content (AvgIpc) is 2.96. The quantitative estimate of drug-likeness (QED) is 0.765. The second-order valence-corrected chi connectivity index (χ2v) is 6.25. The third kappa shape index (κ3) is 2.57. The number of rotatable bonds is 4. The largest absolute Gasteiger partial charge is 0.330 e. The number of hydrogen-bond donors (Lipinski definition) is 2. The fraction of sp³-hybridized carbons (Fsp3) is 0.278. The first-order valence-corrected chi connectivity index (χ1v) is 7.30. The number of H-pyrrole nitrogens is 1. The molecule has 3 nitrogen and oxygen atoms in total. The Bertz CT molecular complexity index is 728. The fourth-order valence-electron chi connectivity index (χ4n) is 3.00. The highest BCUT2D eigenvalue weighted by Gasteiger charge is 2.31. The van der Waals surface area contributed by atoms with E-state index in [4.69, 9.17) is 5.73 Å². The number of aromatic amines is 1. The zero-order valence-electron chi connectivity index (χ0n) is 12.5. The second-order valence-electron chi connectivity index (χ2n) is 6.25. The van der Waals surface area contributed by atoms with E-state index >= 15 is 0 Å². The van der Waals surface area contributed by atoms with Crippen molar-refractivity contribution in [3.63, 3.8) is 0 Å². The Hall–Kier alpha value is -2.13. The lowest BCUT2D eigenvalue weighted by molar-refractivity contribution is 0.330. The van der Waals surface area contributed by atoms with Crippen LogP contribution in [0.5, 0.6) is 0 Å². The van der Waals surface area contributed by atoms with Gasteiger partial charge in [0.1, 0.15) is 0 Å². The Morgan fingerprint density at radius 1 is 1.10 bits per heavy atom. The molecule has 3 N–H and O–H groups in total. The van der Waals surface area contributed by atoms with E-state index in [1.165, 1.54) is 11.1 Å². The Balaban J connectivity index is 2.14. The molecule has 0 unspecified atom stereocenters. The summed E-state index contributed by atoms with van der Waals surface area (Å²) in [6.07, 6.45) is 1.87. The first-order valence-electron chi connectivity index (χ1n) is 7.30. The number of aromatic nitrogens is 2. The molecule has 0 aliphatic carbocycles. The second kappa shape index (κ2) is 5.34. The molecule has 0 spiro atoms. The first-order chi connectivity index (χ1) is 10.1. The van der Waals surface area contributed by atoms with Crippen LogP contribution in [-0.4, -0.2) is 16.7 Å². The van der Waals surface area contributed by atoms with Crippen molar-refractivity contribution in [2.24, 2.45) is 11.1 Å². The van der Waals surface area contributed by atoms with Crippen molar-refractivity contribution in [1.29, 1.82) is 0 Å². The Morgan fingerprint density at radius 2 is 1.86 bits per heavy atom. The van der Waals surface area contributed by atoms with Crippen molar-refractivity contribution in [3.05, 3.63) is 65.9 Å². The predicted molar refractivity (Wildman–Crippen MR) is 87.2 cm³/mol. The van der Waals surface area contributed by atoms with Crippen LogP contribution in [0.25, 0.3) is 10.9 Å². The standard InChI is InChI=1S/C18H21N3/c1-18(2,12-19)17(13-6-4-3-5-7-13)14-8-9-16-15(10-14)11-20-21-16/h3-11,17H,12,19H2,1-2H3,(H,20,21)/t17-/m0/s1. The van der Waals surface area contributed by atoms with Crippen molar-refractivity contribution >= 4 is 10.9 Å². The molecular formula is C18H21N3. The molecular weight excluding hydrogens is 258 g/mol. The highest BCUT2D eigenvalue weighted by atomic mass is 15.1. The van der Waals surface area contributed by atoms with E-state index in [9.17, 15) is 0 Å². The van der Waals surface area contributed by atoms with Gasteiger partial charge in [-0.15, -0.1) is 0 Å². The number of hydrogen-bond acceptors (Lipinski definition) is 2. The minimum absolute atomic E-state index is 0.0151. The van der Waals surface area contributed by atoms with Gasteiger partial charge in [-0.25, -0.2) is 0 Å². The Labute approximate surface area is 125 Å². The topological polar surface area (TPSA) is 54.7 Å². The van der Waals surface area contributed by atoms with E-state index < -0.39 is 0 Å². The van der Waals surface area contributed by atoms with Gasteiger partial charge in [0, 0.05) is 11.3 Å². The van der Waals surface area contributed by atoms with Crippen LogP contribution >= 0.6 is 0 Å². The number of benzene rings is 2. The zero-order chi connectivity index (χ0) is 14.9. The molecule has 0 aliphatic heterocycles.